The molecule has 7 heteroatoms. The van der Waals surface area contributed by atoms with E-state index >= 15 is 0 Å². The van der Waals surface area contributed by atoms with Crippen LogP contribution in [-0.2, 0) is 11.2 Å². The van der Waals surface area contributed by atoms with Crippen LogP contribution in [0.4, 0.5) is 13.9 Å². The monoisotopic (exact) mass is 364 g/mol. The van der Waals surface area contributed by atoms with Gasteiger partial charge in [-0.05, 0) is 42.5 Å². The molecule has 0 saturated heterocycles. The third kappa shape index (κ3) is 4.24. The summed E-state index contributed by atoms with van der Waals surface area (Å²) in [5, 5.41) is 6.92. The highest BCUT2D eigenvalue weighted by molar-refractivity contribution is 7.14. The van der Waals surface area contributed by atoms with Gasteiger partial charge < -0.3 is 5.32 Å². The first kappa shape index (κ1) is 16.7. The van der Waals surface area contributed by atoms with E-state index in [9.17, 15) is 13.6 Å². The molecular weight excluding hydrogens is 350 g/mol. The van der Waals surface area contributed by atoms with E-state index in [0.29, 0.717) is 22.8 Å². The number of amides is 1. The first-order valence-corrected chi connectivity index (χ1v) is 9.11. The largest absolute Gasteiger partial charge is 0.302 e. The molecule has 0 atom stereocenters. The lowest BCUT2D eigenvalue weighted by atomic mass is 10.2. The molecular formula is C17H14F2N2OS2. The van der Waals surface area contributed by atoms with Gasteiger partial charge in [-0.25, -0.2) is 13.8 Å². The summed E-state index contributed by atoms with van der Waals surface area (Å²) in [4.78, 5) is 17.4. The fourth-order valence-corrected chi connectivity index (χ4v) is 3.67. The summed E-state index contributed by atoms with van der Waals surface area (Å²) >= 11 is 2.94. The average molecular weight is 364 g/mol. The van der Waals surface area contributed by atoms with Gasteiger partial charge in [-0.3, -0.25) is 4.79 Å². The van der Waals surface area contributed by atoms with E-state index in [1.165, 1.54) is 22.3 Å². The summed E-state index contributed by atoms with van der Waals surface area (Å²) in [6.07, 6.45) is 2.06. The Labute approximate surface area is 146 Å². The molecule has 0 bridgehead atoms. The number of hydrogen-bond donors (Lipinski definition) is 1. The Kier molecular flexibility index (Phi) is 5.32. The van der Waals surface area contributed by atoms with Gasteiger partial charge in [0.25, 0.3) is 0 Å². The van der Waals surface area contributed by atoms with E-state index in [1.54, 1.807) is 16.7 Å². The van der Waals surface area contributed by atoms with Crippen molar-refractivity contribution >= 4 is 33.7 Å². The van der Waals surface area contributed by atoms with E-state index in [2.05, 4.69) is 16.4 Å². The number of hydrogen-bond acceptors (Lipinski definition) is 4. The lowest BCUT2D eigenvalue weighted by Gasteiger charge is -2.01. The molecule has 3 aromatic rings. The normalized spacial score (nSPS) is 10.8. The van der Waals surface area contributed by atoms with Gasteiger partial charge in [0.15, 0.2) is 16.8 Å². The molecule has 2 heterocycles. The molecule has 0 unspecified atom stereocenters. The molecule has 0 fully saturated rings. The highest BCUT2D eigenvalue weighted by atomic mass is 32.1. The summed E-state index contributed by atoms with van der Waals surface area (Å²) in [6, 6.07) is 7.66. The van der Waals surface area contributed by atoms with Gasteiger partial charge in [0.1, 0.15) is 0 Å². The second kappa shape index (κ2) is 7.63. The van der Waals surface area contributed by atoms with Gasteiger partial charge in [0.05, 0.1) is 5.69 Å². The van der Waals surface area contributed by atoms with Crippen molar-refractivity contribution in [2.45, 2.75) is 19.3 Å². The number of aromatic nitrogens is 1. The van der Waals surface area contributed by atoms with Crippen LogP contribution in [0, 0.1) is 11.6 Å². The average Bonchev–Trinajstić information content (AvgIpc) is 3.22. The quantitative estimate of drug-likeness (QED) is 0.660. The molecule has 1 N–H and O–H groups in total. The van der Waals surface area contributed by atoms with E-state index in [-0.39, 0.29) is 5.91 Å². The van der Waals surface area contributed by atoms with Crippen molar-refractivity contribution in [3.63, 3.8) is 0 Å². The molecule has 0 aliphatic carbocycles. The van der Waals surface area contributed by atoms with Crippen LogP contribution < -0.4 is 5.32 Å². The first-order chi connectivity index (χ1) is 11.6. The molecule has 0 saturated carbocycles. The minimum atomic E-state index is -0.917. The van der Waals surface area contributed by atoms with Crippen LogP contribution in [0.5, 0.6) is 0 Å². The molecule has 3 rings (SSSR count). The number of nitrogens with zero attached hydrogens (tertiary/aromatic N) is 1. The van der Waals surface area contributed by atoms with E-state index in [4.69, 9.17) is 0 Å². The Morgan fingerprint density at radius 3 is 2.79 bits per heavy atom. The molecule has 0 spiro atoms. The highest BCUT2D eigenvalue weighted by Gasteiger charge is 2.10. The predicted molar refractivity (Wildman–Crippen MR) is 93.4 cm³/mol. The fourth-order valence-electron chi connectivity index (χ4n) is 2.18. The minimum Gasteiger partial charge on any atom is -0.302 e. The molecule has 2 aromatic heterocycles. The Hall–Kier alpha value is -2.12. The highest BCUT2D eigenvalue weighted by Crippen LogP contribution is 2.26. The minimum absolute atomic E-state index is 0.0993. The summed E-state index contributed by atoms with van der Waals surface area (Å²) in [6.45, 7) is 0. The van der Waals surface area contributed by atoms with Crippen LogP contribution >= 0.6 is 22.7 Å². The third-order valence-electron chi connectivity index (χ3n) is 3.37. The summed E-state index contributed by atoms with van der Waals surface area (Å²) in [5.74, 6) is -1.91. The zero-order valence-corrected chi connectivity index (χ0v) is 14.2. The first-order valence-electron chi connectivity index (χ1n) is 7.35. The van der Waals surface area contributed by atoms with Gasteiger partial charge in [0.2, 0.25) is 5.91 Å². The van der Waals surface area contributed by atoms with Crippen molar-refractivity contribution in [2.75, 3.05) is 5.32 Å². The van der Waals surface area contributed by atoms with Crippen molar-refractivity contribution in [2.24, 2.45) is 0 Å². The van der Waals surface area contributed by atoms with Crippen molar-refractivity contribution < 1.29 is 13.6 Å². The molecule has 0 aliphatic heterocycles. The Balaban J connectivity index is 1.55. The predicted octanol–water partition coefficient (Wildman–Crippen LogP) is 5.11. The number of halogens is 2. The number of anilines is 1. The molecule has 0 radical (unpaired) electrons. The van der Waals surface area contributed by atoms with Crippen molar-refractivity contribution in [3.05, 3.63) is 57.6 Å². The van der Waals surface area contributed by atoms with E-state index in [0.717, 1.165) is 25.0 Å². The number of thiazole rings is 1. The summed E-state index contributed by atoms with van der Waals surface area (Å²) in [7, 11) is 0. The summed E-state index contributed by atoms with van der Waals surface area (Å²) < 4.78 is 26.2. The standard InChI is InChI=1S/C17H14F2N2OS2/c18-13-7-6-11(9-14(13)19)15-10-24-17(20-15)21-16(22)5-1-3-12-4-2-8-23-12/h2,4,6-10H,1,3,5H2,(H,20,21,22). The van der Waals surface area contributed by atoms with Gasteiger partial charge in [-0.2, -0.15) is 0 Å². The zero-order chi connectivity index (χ0) is 16.9. The smallest absolute Gasteiger partial charge is 0.226 e. The van der Waals surface area contributed by atoms with E-state index in [1.807, 2.05) is 11.4 Å². The zero-order valence-electron chi connectivity index (χ0n) is 12.6. The lowest BCUT2D eigenvalue weighted by Crippen LogP contribution is -2.11. The van der Waals surface area contributed by atoms with Gasteiger partial charge >= 0.3 is 0 Å². The van der Waals surface area contributed by atoms with Gasteiger partial charge in [-0.15, -0.1) is 22.7 Å². The van der Waals surface area contributed by atoms with Crippen LogP contribution in [0.25, 0.3) is 11.3 Å². The molecule has 0 aliphatic rings. The number of nitrogens with one attached hydrogen (secondary N) is 1. The van der Waals surface area contributed by atoms with Crippen molar-refractivity contribution in [1.29, 1.82) is 0 Å². The van der Waals surface area contributed by atoms with Gasteiger partial charge in [-0.1, -0.05) is 6.07 Å². The number of aryl methyl sites for hydroxylation is 1. The maximum atomic E-state index is 13.3. The Morgan fingerprint density at radius 2 is 2.04 bits per heavy atom. The number of carbonyl (C=O) groups is 1. The Bertz CT molecular complexity index is 831. The molecule has 124 valence electrons. The Morgan fingerprint density at radius 1 is 1.17 bits per heavy atom. The van der Waals surface area contributed by atoms with Crippen molar-refractivity contribution in [3.8, 4) is 11.3 Å². The second-order valence-electron chi connectivity index (χ2n) is 5.15. The molecule has 1 amide bonds. The molecule has 1 aromatic carbocycles. The molecule has 24 heavy (non-hydrogen) atoms. The van der Waals surface area contributed by atoms with Crippen LogP contribution in [0.1, 0.15) is 17.7 Å². The van der Waals surface area contributed by atoms with Crippen LogP contribution in [0.3, 0.4) is 0 Å². The maximum absolute atomic E-state index is 13.3. The van der Waals surface area contributed by atoms with Crippen LogP contribution in [0.2, 0.25) is 0 Å². The second-order valence-corrected chi connectivity index (χ2v) is 7.04. The van der Waals surface area contributed by atoms with Crippen LogP contribution in [0.15, 0.2) is 41.1 Å². The van der Waals surface area contributed by atoms with Crippen LogP contribution in [-0.4, -0.2) is 10.9 Å². The lowest BCUT2D eigenvalue weighted by molar-refractivity contribution is -0.116. The fraction of sp³-hybridized carbons (Fsp3) is 0.176. The molecule has 3 nitrogen and oxygen atoms in total. The van der Waals surface area contributed by atoms with Gasteiger partial charge in [0, 0.05) is 22.2 Å². The maximum Gasteiger partial charge on any atom is 0.226 e. The SMILES string of the molecule is O=C(CCCc1cccs1)Nc1nc(-c2ccc(F)c(F)c2)cs1. The number of benzene rings is 1. The van der Waals surface area contributed by atoms with E-state index < -0.39 is 11.6 Å². The number of carbonyl (C=O) groups excluding carboxylic acids is 1. The van der Waals surface area contributed by atoms with Crippen molar-refractivity contribution in [1.82, 2.24) is 4.98 Å². The number of thiophene rings is 1. The summed E-state index contributed by atoms with van der Waals surface area (Å²) in [5.41, 5.74) is 0.983. The third-order valence-corrected chi connectivity index (χ3v) is 5.07. The topological polar surface area (TPSA) is 42.0 Å². The number of rotatable bonds is 6.